The van der Waals surface area contributed by atoms with Gasteiger partial charge in [0, 0.05) is 0 Å². The van der Waals surface area contributed by atoms with Crippen LogP contribution in [0.5, 0.6) is 0 Å². The van der Waals surface area contributed by atoms with Crippen molar-refractivity contribution in [2.45, 2.75) is 38.1 Å². The third-order valence-corrected chi connectivity index (χ3v) is 4.75. The fraction of sp³-hybridized carbons (Fsp3) is 1.00. The molecule has 54 valence electrons. The minimum atomic E-state index is -0.191. The third kappa shape index (κ3) is 2.30. The van der Waals surface area contributed by atoms with Crippen LogP contribution in [0.3, 0.4) is 0 Å². The Balaban J connectivity index is 2.23. The molecule has 0 aromatic heterocycles. The monoisotopic (exact) mass is 162 g/mol. The van der Waals surface area contributed by atoms with E-state index in [2.05, 4.69) is 6.92 Å². The van der Waals surface area contributed by atoms with E-state index in [1.165, 1.54) is 25.7 Å². The van der Waals surface area contributed by atoms with Gasteiger partial charge in [0.1, 0.15) is 8.83 Å². The van der Waals surface area contributed by atoms with Crippen LogP contribution in [0.2, 0.25) is 5.54 Å². The summed E-state index contributed by atoms with van der Waals surface area (Å²) < 4.78 is 0. The van der Waals surface area contributed by atoms with Crippen LogP contribution in [0.25, 0.3) is 0 Å². The predicted molar refractivity (Wildman–Crippen MR) is 45.8 cm³/mol. The molecule has 0 aromatic rings. The molecule has 0 nitrogen and oxygen atoms in total. The maximum absolute atomic E-state index is 5.88. The van der Waals surface area contributed by atoms with Gasteiger partial charge in [-0.25, -0.2) is 0 Å². The molecule has 0 radical (unpaired) electrons. The van der Waals surface area contributed by atoms with Gasteiger partial charge in [-0.2, -0.15) is 11.1 Å². The summed E-state index contributed by atoms with van der Waals surface area (Å²) in [5, 5.41) is 0. The van der Waals surface area contributed by atoms with E-state index in [4.69, 9.17) is 11.1 Å². The van der Waals surface area contributed by atoms with E-state index < -0.39 is 0 Å². The Bertz CT molecular complexity index is 85.0. The Morgan fingerprint density at radius 1 is 1.44 bits per heavy atom. The molecule has 1 fully saturated rings. The maximum Gasteiger partial charge on any atom is 0.128 e. The molecule has 0 N–H and O–H groups in total. The largest absolute Gasteiger partial charge is 0.176 e. The summed E-state index contributed by atoms with van der Waals surface area (Å²) >= 11 is 5.88. The minimum Gasteiger partial charge on any atom is -0.176 e. The molecule has 0 heterocycles. The molecule has 0 amide bonds. The first-order chi connectivity index (χ1) is 4.33. The molecule has 0 saturated heterocycles. The summed E-state index contributed by atoms with van der Waals surface area (Å²) in [4.78, 5) is 0. The first kappa shape index (κ1) is 7.61. The van der Waals surface area contributed by atoms with Crippen LogP contribution in [0, 0.1) is 5.92 Å². The Kier molecular flexibility index (Phi) is 3.06. The van der Waals surface area contributed by atoms with Crippen molar-refractivity contribution in [2.24, 2.45) is 5.92 Å². The Morgan fingerprint density at radius 2 is 2.22 bits per heavy atom. The lowest BCUT2D eigenvalue weighted by atomic mass is 9.90. The average molecular weight is 163 g/mol. The molecular weight excluding hydrogens is 148 g/mol. The molecule has 1 rings (SSSR count). The van der Waals surface area contributed by atoms with Crippen molar-refractivity contribution in [3.63, 3.8) is 0 Å². The van der Waals surface area contributed by atoms with Crippen LogP contribution in [0.4, 0.5) is 0 Å². The van der Waals surface area contributed by atoms with Gasteiger partial charge in [0.25, 0.3) is 0 Å². The van der Waals surface area contributed by atoms with Gasteiger partial charge >= 0.3 is 0 Å². The number of hydrogen-bond donors (Lipinski definition) is 0. The van der Waals surface area contributed by atoms with Crippen molar-refractivity contribution in [1.29, 1.82) is 0 Å². The molecular formula is C7H15ClSi. The molecule has 0 bridgehead atoms. The normalized spacial score (nSPS) is 38.0. The van der Waals surface area contributed by atoms with Crippen molar-refractivity contribution >= 4 is 19.9 Å². The molecule has 1 aliphatic carbocycles. The highest BCUT2D eigenvalue weighted by atomic mass is 35.6. The summed E-state index contributed by atoms with van der Waals surface area (Å²) in [6.07, 6.45) is 5.74. The summed E-state index contributed by atoms with van der Waals surface area (Å²) in [7, 11) is -0.191. The first-order valence-electron chi connectivity index (χ1n) is 3.89. The molecule has 1 aliphatic rings. The smallest absolute Gasteiger partial charge is 0.128 e. The summed E-state index contributed by atoms with van der Waals surface area (Å²) in [6.45, 7) is 2.35. The van der Waals surface area contributed by atoms with Crippen LogP contribution in [-0.2, 0) is 0 Å². The van der Waals surface area contributed by atoms with Gasteiger partial charge in [-0.05, 0) is 17.9 Å². The molecule has 0 aromatic carbocycles. The second-order valence-corrected chi connectivity index (χ2v) is 5.68. The van der Waals surface area contributed by atoms with E-state index in [1.807, 2.05) is 0 Å². The fourth-order valence-corrected chi connectivity index (χ4v) is 3.68. The first-order valence-corrected chi connectivity index (χ1v) is 6.84. The zero-order valence-corrected chi connectivity index (χ0v) is 8.24. The van der Waals surface area contributed by atoms with Crippen LogP contribution in [0.15, 0.2) is 0 Å². The van der Waals surface area contributed by atoms with Gasteiger partial charge in [0.05, 0.1) is 0 Å². The maximum atomic E-state index is 5.88. The van der Waals surface area contributed by atoms with Gasteiger partial charge in [-0.3, -0.25) is 0 Å². The predicted octanol–water partition coefficient (Wildman–Crippen LogP) is 2.31. The Morgan fingerprint density at radius 3 is 2.67 bits per heavy atom. The van der Waals surface area contributed by atoms with Crippen LogP contribution >= 0.6 is 11.1 Å². The molecule has 2 atom stereocenters. The van der Waals surface area contributed by atoms with E-state index in [0.29, 0.717) is 0 Å². The lowest BCUT2D eigenvalue weighted by molar-refractivity contribution is 0.385. The highest BCUT2D eigenvalue weighted by molar-refractivity contribution is 6.94. The minimum absolute atomic E-state index is 0.191. The van der Waals surface area contributed by atoms with Crippen LogP contribution in [-0.4, -0.2) is 8.83 Å². The van der Waals surface area contributed by atoms with E-state index in [0.717, 1.165) is 11.5 Å². The van der Waals surface area contributed by atoms with Crippen LogP contribution < -0.4 is 0 Å². The standard InChI is InChI=1S/C7H15ClSi/c1-6-3-2-4-7(5-6)9-8/h6-7H,2-5,9H2,1H3. The van der Waals surface area contributed by atoms with Gasteiger partial charge in [-0.15, -0.1) is 0 Å². The second kappa shape index (κ2) is 3.62. The molecule has 0 spiro atoms. The van der Waals surface area contributed by atoms with Crippen LogP contribution in [0.1, 0.15) is 32.6 Å². The Labute approximate surface area is 64.5 Å². The van der Waals surface area contributed by atoms with E-state index >= 15 is 0 Å². The second-order valence-electron chi connectivity index (χ2n) is 3.29. The molecule has 2 heteroatoms. The zero-order valence-electron chi connectivity index (χ0n) is 6.07. The zero-order chi connectivity index (χ0) is 6.69. The molecule has 9 heavy (non-hydrogen) atoms. The van der Waals surface area contributed by atoms with E-state index in [-0.39, 0.29) is 8.83 Å². The molecule has 0 aliphatic heterocycles. The number of hydrogen-bond acceptors (Lipinski definition) is 0. The lowest BCUT2D eigenvalue weighted by Gasteiger charge is -2.24. The third-order valence-electron chi connectivity index (χ3n) is 2.26. The van der Waals surface area contributed by atoms with Gasteiger partial charge in [0.15, 0.2) is 0 Å². The van der Waals surface area contributed by atoms with E-state index in [9.17, 15) is 0 Å². The van der Waals surface area contributed by atoms with Gasteiger partial charge in [0.2, 0.25) is 0 Å². The molecule has 2 unspecified atom stereocenters. The highest BCUT2D eigenvalue weighted by Gasteiger charge is 2.17. The average Bonchev–Trinajstić information content (AvgIpc) is 1.88. The van der Waals surface area contributed by atoms with Crippen molar-refractivity contribution < 1.29 is 0 Å². The van der Waals surface area contributed by atoms with Crippen molar-refractivity contribution in [2.75, 3.05) is 0 Å². The van der Waals surface area contributed by atoms with Gasteiger partial charge < -0.3 is 0 Å². The SMILES string of the molecule is CC1CCCC([SiH2]Cl)C1. The fourth-order valence-electron chi connectivity index (χ4n) is 1.70. The van der Waals surface area contributed by atoms with Crippen molar-refractivity contribution in [3.8, 4) is 0 Å². The topological polar surface area (TPSA) is 0 Å². The van der Waals surface area contributed by atoms with Gasteiger partial charge in [-0.1, -0.05) is 26.2 Å². The quantitative estimate of drug-likeness (QED) is 0.410. The molecule has 1 saturated carbocycles. The Hall–Kier alpha value is 0.507. The summed E-state index contributed by atoms with van der Waals surface area (Å²) in [5.74, 6) is 0.968. The highest BCUT2D eigenvalue weighted by Crippen LogP contribution is 2.32. The lowest BCUT2D eigenvalue weighted by Crippen LogP contribution is -2.10. The number of rotatable bonds is 1. The summed E-state index contributed by atoms with van der Waals surface area (Å²) in [5.41, 5.74) is 0.968. The number of halogens is 1. The summed E-state index contributed by atoms with van der Waals surface area (Å²) in [6, 6.07) is 0. The van der Waals surface area contributed by atoms with Crippen molar-refractivity contribution in [3.05, 3.63) is 0 Å². The van der Waals surface area contributed by atoms with E-state index in [1.54, 1.807) is 0 Å². The van der Waals surface area contributed by atoms with Crippen molar-refractivity contribution in [1.82, 2.24) is 0 Å².